The van der Waals surface area contributed by atoms with Gasteiger partial charge in [-0.15, -0.1) is 0 Å². The number of aliphatic hydroxyl groups excluding tert-OH is 1. The molecule has 1 saturated heterocycles. The van der Waals surface area contributed by atoms with E-state index in [1.807, 2.05) is 0 Å². The quantitative estimate of drug-likeness (QED) is 0.166. The number of carbonyl (C=O) groups is 1. The SMILES string of the molecule is COc1ccc(-c2cc(=O)c3c(O)cc(O)c(O[C@@H]4O[C@H](C(=O)O)[C@@H](OS(=O)(=O)O)[C@H](O)[C@H]4OS(=O)(=O)O)c3o2)cc1. The number of aliphatic hydroxyl groups is 1. The number of aromatic hydroxyl groups is 2. The molecule has 1 aliphatic rings. The van der Waals surface area contributed by atoms with Gasteiger partial charge in [-0.3, -0.25) is 13.9 Å². The van der Waals surface area contributed by atoms with E-state index >= 15 is 0 Å². The summed E-state index contributed by atoms with van der Waals surface area (Å²) in [4.78, 5) is 24.7. The first kappa shape index (κ1) is 30.9. The van der Waals surface area contributed by atoms with Crippen molar-refractivity contribution in [3.8, 4) is 34.3 Å². The van der Waals surface area contributed by atoms with Gasteiger partial charge in [0.15, 0.2) is 29.0 Å². The number of rotatable bonds is 9. The van der Waals surface area contributed by atoms with Crippen molar-refractivity contribution in [2.45, 2.75) is 30.7 Å². The molecule has 2 heterocycles. The Morgan fingerprint density at radius 1 is 0.929 bits per heavy atom. The second-order valence-corrected chi connectivity index (χ2v) is 10.6. The molecular formula is C22H20O18S2. The van der Waals surface area contributed by atoms with Crippen LogP contribution in [-0.2, 0) is 38.7 Å². The molecular weight excluding hydrogens is 616 g/mol. The summed E-state index contributed by atoms with van der Waals surface area (Å²) in [5.74, 6) is -4.38. The number of phenolic OH excluding ortho intramolecular Hbond substituents is 2. The number of fused-ring (bicyclic) bond motifs is 1. The average Bonchev–Trinajstić information content (AvgIpc) is 2.87. The lowest BCUT2D eigenvalue weighted by molar-refractivity contribution is -0.261. The Bertz CT molecular complexity index is 1780. The van der Waals surface area contributed by atoms with Crippen LogP contribution in [0.15, 0.2) is 45.6 Å². The Morgan fingerprint density at radius 3 is 2.07 bits per heavy atom. The van der Waals surface area contributed by atoms with Crippen molar-refractivity contribution < 1.29 is 78.2 Å². The molecule has 0 unspecified atom stereocenters. The number of benzene rings is 2. The Morgan fingerprint density at radius 2 is 1.52 bits per heavy atom. The maximum atomic E-state index is 12.9. The zero-order chi connectivity index (χ0) is 31.1. The molecule has 2 aromatic carbocycles. The molecule has 1 aliphatic heterocycles. The van der Waals surface area contributed by atoms with Crippen molar-refractivity contribution in [2.24, 2.45) is 0 Å². The highest BCUT2D eigenvalue weighted by molar-refractivity contribution is 7.81. The topological polar surface area (TPSA) is 283 Å². The van der Waals surface area contributed by atoms with Crippen molar-refractivity contribution in [1.29, 1.82) is 0 Å². The van der Waals surface area contributed by atoms with Crippen LogP contribution in [-0.4, -0.2) is 90.2 Å². The van der Waals surface area contributed by atoms with Crippen LogP contribution in [0.25, 0.3) is 22.3 Å². The van der Waals surface area contributed by atoms with Gasteiger partial charge in [0.25, 0.3) is 0 Å². The smallest absolute Gasteiger partial charge is 0.397 e. The lowest BCUT2D eigenvalue weighted by atomic mass is 9.99. The zero-order valence-corrected chi connectivity index (χ0v) is 22.4. The van der Waals surface area contributed by atoms with Crippen LogP contribution < -0.4 is 14.9 Å². The van der Waals surface area contributed by atoms with E-state index in [1.165, 1.54) is 31.4 Å². The molecule has 0 radical (unpaired) electrons. The van der Waals surface area contributed by atoms with E-state index in [2.05, 4.69) is 8.37 Å². The minimum Gasteiger partial charge on any atom is -0.507 e. The van der Waals surface area contributed by atoms with Crippen LogP contribution in [0.2, 0.25) is 0 Å². The van der Waals surface area contributed by atoms with Gasteiger partial charge in [-0.2, -0.15) is 16.8 Å². The summed E-state index contributed by atoms with van der Waals surface area (Å²) in [7, 11) is -9.59. The van der Waals surface area contributed by atoms with Crippen LogP contribution >= 0.6 is 0 Å². The third-order valence-corrected chi connectivity index (χ3v) is 6.68. The Balaban J connectivity index is 1.87. The number of methoxy groups -OCH3 is 1. The molecule has 0 aliphatic carbocycles. The van der Waals surface area contributed by atoms with Crippen molar-refractivity contribution in [1.82, 2.24) is 0 Å². The Labute approximate surface area is 234 Å². The van der Waals surface area contributed by atoms with E-state index < -0.39 is 91.1 Å². The normalized spacial score (nSPS) is 23.0. The standard InChI is InChI=1S/C22H20O18S2/c1-35-9-4-2-8(3-5-9)13-7-11(24)14-10(23)6-12(25)16(17(14)36-13)37-22-19(40-42(32,33)34)15(26)18(39-41(29,30)31)20(38-22)21(27)28/h2-7,15,18-20,22-23,25-26H,1H3,(H,27,28)(H,29,30,31)(H,32,33,34)/t15-,18-,19+,20-,22+/m0/s1. The van der Waals surface area contributed by atoms with E-state index in [9.17, 15) is 51.4 Å². The molecule has 20 heteroatoms. The molecule has 3 aromatic rings. The number of carboxylic acids is 1. The van der Waals surface area contributed by atoms with Crippen molar-refractivity contribution in [3.63, 3.8) is 0 Å². The van der Waals surface area contributed by atoms with Gasteiger partial charge in [-0.05, 0) is 24.3 Å². The minimum absolute atomic E-state index is 0.148. The molecule has 0 spiro atoms. The van der Waals surface area contributed by atoms with Crippen LogP contribution in [0.3, 0.4) is 0 Å². The van der Waals surface area contributed by atoms with Gasteiger partial charge < -0.3 is 39.1 Å². The summed E-state index contributed by atoms with van der Waals surface area (Å²) in [6.07, 6.45) is -12.7. The average molecular weight is 637 g/mol. The van der Waals surface area contributed by atoms with Crippen LogP contribution in [0, 0.1) is 0 Å². The first-order chi connectivity index (χ1) is 19.5. The minimum atomic E-state index is -5.52. The van der Waals surface area contributed by atoms with Gasteiger partial charge >= 0.3 is 26.8 Å². The van der Waals surface area contributed by atoms with E-state index in [0.717, 1.165) is 6.07 Å². The van der Waals surface area contributed by atoms with Gasteiger partial charge in [0.2, 0.25) is 12.0 Å². The fraction of sp³-hybridized carbons (Fsp3) is 0.273. The summed E-state index contributed by atoms with van der Waals surface area (Å²) >= 11 is 0. The summed E-state index contributed by atoms with van der Waals surface area (Å²) in [5, 5.41) is 40.4. The third kappa shape index (κ3) is 6.55. The van der Waals surface area contributed by atoms with Gasteiger partial charge in [0.05, 0.1) is 7.11 Å². The molecule has 0 bridgehead atoms. The summed E-state index contributed by atoms with van der Waals surface area (Å²) in [6, 6.07) is 7.59. The third-order valence-electron chi connectivity index (χ3n) is 5.75. The molecule has 1 fully saturated rings. The van der Waals surface area contributed by atoms with E-state index in [0.29, 0.717) is 11.8 Å². The maximum Gasteiger partial charge on any atom is 0.397 e. The lowest BCUT2D eigenvalue weighted by Gasteiger charge is -2.40. The van der Waals surface area contributed by atoms with Crippen LogP contribution in [0.4, 0.5) is 0 Å². The maximum absolute atomic E-state index is 12.9. The molecule has 4 rings (SSSR count). The largest absolute Gasteiger partial charge is 0.507 e. The predicted octanol–water partition coefficient (Wildman–Crippen LogP) is -0.195. The fourth-order valence-corrected chi connectivity index (χ4v) is 5.00. The number of aliphatic carboxylic acids is 1. The number of phenols is 2. The summed E-state index contributed by atoms with van der Waals surface area (Å²) in [6.45, 7) is 0. The van der Waals surface area contributed by atoms with Gasteiger partial charge in [0, 0.05) is 17.7 Å². The fourth-order valence-electron chi connectivity index (χ4n) is 4.02. The Kier molecular flexibility index (Phi) is 8.35. The number of carboxylic acid groups (broad SMARTS) is 1. The predicted molar refractivity (Wildman–Crippen MR) is 134 cm³/mol. The van der Waals surface area contributed by atoms with Crippen molar-refractivity contribution in [2.75, 3.05) is 7.11 Å². The van der Waals surface area contributed by atoms with E-state index in [-0.39, 0.29) is 11.3 Å². The van der Waals surface area contributed by atoms with Gasteiger partial charge in [-0.1, -0.05) is 0 Å². The zero-order valence-electron chi connectivity index (χ0n) is 20.7. The molecule has 6 N–H and O–H groups in total. The molecule has 228 valence electrons. The molecule has 0 saturated carbocycles. The monoisotopic (exact) mass is 636 g/mol. The summed E-state index contributed by atoms with van der Waals surface area (Å²) < 4.78 is 93.4. The molecule has 0 amide bonds. The molecule has 5 atom stereocenters. The highest BCUT2D eigenvalue weighted by atomic mass is 32.3. The number of hydrogen-bond donors (Lipinski definition) is 6. The van der Waals surface area contributed by atoms with Crippen molar-refractivity contribution >= 4 is 37.7 Å². The van der Waals surface area contributed by atoms with Crippen LogP contribution in [0.1, 0.15) is 0 Å². The first-order valence-corrected chi connectivity index (χ1v) is 13.9. The van der Waals surface area contributed by atoms with E-state index in [1.54, 1.807) is 0 Å². The van der Waals surface area contributed by atoms with Crippen molar-refractivity contribution in [3.05, 3.63) is 46.6 Å². The first-order valence-electron chi connectivity index (χ1n) is 11.2. The molecule has 18 nitrogen and oxygen atoms in total. The molecule has 1 aromatic heterocycles. The van der Waals surface area contributed by atoms with E-state index in [4.69, 9.17) is 23.2 Å². The second-order valence-electron chi connectivity index (χ2n) is 8.50. The highest BCUT2D eigenvalue weighted by Crippen LogP contribution is 2.42. The second kappa shape index (κ2) is 11.3. The lowest BCUT2D eigenvalue weighted by Crippen LogP contribution is -2.63. The number of hydrogen-bond acceptors (Lipinski definition) is 15. The Hall–Kier alpha value is -4.02. The summed E-state index contributed by atoms with van der Waals surface area (Å²) in [5.41, 5.74) is -1.26. The highest BCUT2D eigenvalue weighted by Gasteiger charge is 2.54. The van der Waals surface area contributed by atoms with Gasteiger partial charge in [-0.25, -0.2) is 13.2 Å². The number of ether oxygens (including phenoxy) is 3. The van der Waals surface area contributed by atoms with Gasteiger partial charge in [0.1, 0.15) is 34.9 Å². The van der Waals surface area contributed by atoms with Crippen LogP contribution in [0.5, 0.6) is 23.0 Å². The molecule has 42 heavy (non-hydrogen) atoms.